The van der Waals surface area contributed by atoms with Crippen LogP contribution in [0.2, 0.25) is 0 Å². The van der Waals surface area contributed by atoms with Gasteiger partial charge < -0.3 is 19.6 Å². The van der Waals surface area contributed by atoms with Crippen LogP contribution in [0.1, 0.15) is 85.7 Å². The highest BCUT2D eigenvalue weighted by atomic mass is 79.9. The number of anilines is 1. The Morgan fingerprint density at radius 1 is 1.13 bits per heavy atom. The van der Waals surface area contributed by atoms with Gasteiger partial charge in [0.25, 0.3) is 0 Å². The highest BCUT2D eigenvalue weighted by Gasteiger charge is 2.31. The zero-order valence-electron chi connectivity index (χ0n) is 22.8. The molecule has 2 aliphatic rings. The number of carboxylic acid groups (broad SMARTS) is 1. The number of carbonyl (C=O) groups is 2. The van der Waals surface area contributed by atoms with Gasteiger partial charge in [-0.3, -0.25) is 15.0 Å². The molecule has 9 heteroatoms. The van der Waals surface area contributed by atoms with Crippen LogP contribution in [-0.4, -0.2) is 58.8 Å². The molecule has 0 bridgehead atoms. The normalized spacial score (nSPS) is 14.9. The summed E-state index contributed by atoms with van der Waals surface area (Å²) in [5.74, 6) is 0.260. The molecule has 0 aliphatic carbocycles. The number of ketones is 1. The van der Waals surface area contributed by atoms with Crippen LogP contribution in [-0.2, 0) is 16.8 Å². The first-order valence-electron chi connectivity index (χ1n) is 13.2. The van der Waals surface area contributed by atoms with E-state index in [0.717, 1.165) is 54.2 Å². The van der Waals surface area contributed by atoms with Crippen LogP contribution in [0.4, 0.5) is 5.69 Å². The molecule has 0 unspecified atom stereocenters. The first-order chi connectivity index (χ1) is 17.5. The van der Waals surface area contributed by atoms with Crippen molar-refractivity contribution in [1.82, 2.24) is 9.88 Å². The Hall–Kier alpha value is -2.94. The molecule has 0 radical (unpaired) electrons. The van der Waals surface area contributed by atoms with E-state index in [1.54, 1.807) is 4.90 Å². The molecule has 1 aromatic carbocycles. The van der Waals surface area contributed by atoms with Gasteiger partial charge in [-0.05, 0) is 56.2 Å². The molecular formula is C29H39BrN4O4. The van der Waals surface area contributed by atoms with Gasteiger partial charge in [0.05, 0.1) is 18.8 Å². The molecule has 4 rings (SSSR count). The van der Waals surface area contributed by atoms with Crippen LogP contribution in [0.5, 0.6) is 5.75 Å². The fraction of sp³-hybridized carbons (Fsp3) is 0.517. The fourth-order valence-electron chi connectivity index (χ4n) is 4.98. The highest BCUT2D eigenvalue weighted by molar-refractivity contribution is 8.93. The van der Waals surface area contributed by atoms with Gasteiger partial charge in [-0.2, -0.15) is 0 Å². The number of pyridine rings is 1. The van der Waals surface area contributed by atoms with Crippen molar-refractivity contribution in [2.75, 3.05) is 31.1 Å². The second-order valence-corrected chi connectivity index (χ2v) is 11.1. The highest BCUT2D eigenvalue weighted by Crippen LogP contribution is 2.42. The minimum absolute atomic E-state index is 0. The largest absolute Gasteiger partial charge is 0.491 e. The average molecular weight is 588 g/mol. The molecule has 206 valence electrons. The maximum atomic E-state index is 13.6. The van der Waals surface area contributed by atoms with E-state index < -0.39 is 5.97 Å². The lowest BCUT2D eigenvalue weighted by molar-refractivity contribution is -0.137. The lowest BCUT2D eigenvalue weighted by atomic mass is 9.84. The monoisotopic (exact) mass is 586 g/mol. The van der Waals surface area contributed by atoms with Gasteiger partial charge in [-0.25, -0.2) is 4.98 Å². The summed E-state index contributed by atoms with van der Waals surface area (Å²) in [4.78, 5) is 33.1. The number of unbranched alkanes of at least 4 members (excludes halogenated alkanes) is 1. The van der Waals surface area contributed by atoms with Gasteiger partial charge in [0, 0.05) is 48.4 Å². The topological polar surface area (TPSA) is 107 Å². The fourth-order valence-corrected chi connectivity index (χ4v) is 4.98. The number of amidine groups is 1. The van der Waals surface area contributed by atoms with E-state index >= 15 is 0 Å². The van der Waals surface area contributed by atoms with Gasteiger partial charge in [0.15, 0.2) is 5.78 Å². The number of halogens is 1. The molecule has 3 heterocycles. The summed E-state index contributed by atoms with van der Waals surface area (Å²) in [5.41, 5.74) is 4.76. The Morgan fingerprint density at radius 3 is 2.50 bits per heavy atom. The molecule has 8 nitrogen and oxygen atoms in total. The number of aliphatic carboxylic acids is 1. The van der Waals surface area contributed by atoms with E-state index in [2.05, 4.69) is 30.7 Å². The number of benzene rings is 1. The van der Waals surface area contributed by atoms with Gasteiger partial charge in [0.1, 0.15) is 17.3 Å². The molecular weight excluding hydrogens is 548 g/mol. The number of hydrogen-bond donors (Lipinski definition) is 2. The standard InChI is InChI=1S/C29H38N4O4.BrH/c1-19-10-11-20-17-33(28(30)26(20)31-19)18-24(34)21-15-22(29(2,3)4)27(37-14-8-5-9-25(35)36)23(16-21)32-12-6-7-13-32;/h10-11,15-16,30H,5-9,12-14,17-18H2,1-4H3,(H,35,36);1H. The predicted octanol–water partition coefficient (Wildman–Crippen LogP) is 5.52. The first-order valence-corrected chi connectivity index (χ1v) is 13.2. The van der Waals surface area contributed by atoms with E-state index in [1.165, 1.54) is 0 Å². The Labute approximate surface area is 235 Å². The smallest absolute Gasteiger partial charge is 0.303 e. The summed E-state index contributed by atoms with van der Waals surface area (Å²) in [6.07, 6.45) is 3.54. The third kappa shape index (κ3) is 6.73. The average Bonchev–Trinajstić information content (AvgIpc) is 3.47. The SMILES string of the molecule is Br.Cc1ccc2c(n1)C(=N)N(CC(=O)c1cc(N3CCCC3)c(OCCCCC(=O)O)c(C(C)(C)C)c1)C2. The van der Waals surface area contributed by atoms with Crippen LogP contribution in [0.15, 0.2) is 24.3 Å². The van der Waals surface area contributed by atoms with Crippen molar-refractivity contribution in [2.24, 2.45) is 0 Å². The van der Waals surface area contributed by atoms with Crippen molar-refractivity contribution < 1.29 is 19.4 Å². The number of ether oxygens (including phenoxy) is 1. The number of nitrogens with zero attached hydrogens (tertiary/aromatic N) is 3. The third-order valence-corrected chi connectivity index (χ3v) is 7.03. The number of fused-ring (bicyclic) bond motifs is 1. The van der Waals surface area contributed by atoms with Crippen molar-refractivity contribution in [3.05, 3.63) is 52.3 Å². The molecule has 2 N–H and O–H groups in total. The minimum atomic E-state index is -0.795. The second-order valence-electron chi connectivity index (χ2n) is 11.1. The molecule has 0 atom stereocenters. The van der Waals surface area contributed by atoms with Crippen LogP contribution in [0.25, 0.3) is 0 Å². The van der Waals surface area contributed by atoms with Crippen LogP contribution in [0.3, 0.4) is 0 Å². The van der Waals surface area contributed by atoms with Crippen LogP contribution in [0, 0.1) is 12.3 Å². The van der Waals surface area contributed by atoms with Crippen molar-refractivity contribution in [2.45, 2.75) is 71.8 Å². The lowest BCUT2D eigenvalue weighted by Crippen LogP contribution is -2.31. The molecule has 0 spiro atoms. The van der Waals surface area contributed by atoms with Crippen molar-refractivity contribution in [3.8, 4) is 5.75 Å². The number of aryl methyl sites for hydroxylation is 1. The molecule has 1 aromatic heterocycles. The molecule has 38 heavy (non-hydrogen) atoms. The number of rotatable bonds is 10. The van der Waals surface area contributed by atoms with E-state index in [4.69, 9.17) is 15.3 Å². The number of carbonyl (C=O) groups excluding carboxylic acids is 1. The van der Waals surface area contributed by atoms with Crippen molar-refractivity contribution in [3.63, 3.8) is 0 Å². The first kappa shape index (κ1) is 29.6. The Kier molecular flexibility index (Phi) is 9.57. The second kappa shape index (κ2) is 12.3. The number of Topliss-reactive ketones (excluding diaryl/α,β-unsaturated/α-hetero) is 1. The summed E-state index contributed by atoms with van der Waals surface area (Å²) >= 11 is 0. The lowest BCUT2D eigenvalue weighted by Gasteiger charge is -2.30. The molecule has 1 saturated heterocycles. The van der Waals surface area contributed by atoms with Crippen LogP contribution >= 0.6 is 17.0 Å². The van der Waals surface area contributed by atoms with Crippen molar-refractivity contribution >= 4 is 40.3 Å². The van der Waals surface area contributed by atoms with Gasteiger partial charge >= 0.3 is 5.97 Å². The molecule has 2 aliphatic heterocycles. The minimum Gasteiger partial charge on any atom is -0.491 e. The number of hydrogen-bond acceptors (Lipinski definition) is 6. The third-order valence-electron chi connectivity index (χ3n) is 7.03. The summed E-state index contributed by atoms with van der Waals surface area (Å²) in [6.45, 7) is 11.1. The maximum Gasteiger partial charge on any atom is 0.303 e. The molecule has 0 amide bonds. The zero-order valence-corrected chi connectivity index (χ0v) is 24.5. The molecule has 2 aromatic rings. The van der Waals surface area contributed by atoms with Crippen molar-refractivity contribution in [1.29, 1.82) is 5.41 Å². The summed E-state index contributed by atoms with van der Waals surface area (Å²) in [6, 6.07) is 7.83. The summed E-state index contributed by atoms with van der Waals surface area (Å²) in [7, 11) is 0. The Morgan fingerprint density at radius 2 is 1.84 bits per heavy atom. The van der Waals surface area contributed by atoms with E-state index in [-0.39, 0.29) is 41.1 Å². The van der Waals surface area contributed by atoms with Gasteiger partial charge in [0.2, 0.25) is 0 Å². The summed E-state index contributed by atoms with van der Waals surface area (Å²) in [5, 5.41) is 17.5. The van der Waals surface area contributed by atoms with E-state index in [0.29, 0.717) is 43.1 Å². The predicted molar refractivity (Wildman–Crippen MR) is 154 cm³/mol. The van der Waals surface area contributed by atoms with Gasteiger partial charge in [-0.15, -0.1) is 17.0 Å². The number of nitrogens with one attached hydrogen (secondary N) is 1. The molecule has 0 saturated carbocycles. The van der Waals surface area contributed by atoms with Crippen LogP contribution < -0.4 is 9.64 Å². The molecule has 1 fully saturated rings. The Bertz CT molecular complexity index is 1200. The zero-order chi connectivity index (χ0) is 26.7. The quantitative estimate of drug-likeness (QED) is 0.278. The number of carboxylic acids is 1. The summed E-state index contributed by atoms with van der Waals surface area (Å²) < 4.78 is 6.33. The van der Waals surface area contributed by atoms with E-state index in [1.807, 2.05) is 31.2 Å². The maximum absolute atomic E-state index is 13.6. The van der Waals surface area contributed by atoms with E-state index in [9.17, 15) is 9.59 Å². The Balaban J connectivity index is 0.00000400. The van der Waals surface area contributed by atoms with Gasteiger partial charge in [-0.1, -0.05) is 26.8 Å². The number of aromatic nitrogens is 1.